The highest BCUT2D eigenvalue weighted by molar-refractivity contribution is 5.94. The van der Waals surface area contributed by atoms with Crippen molar-refractivity contribution in [3.63, 3.8) is 0 Å². The number of aromatic nitrogens is 2. The van der Waals surface area contributed by atoms with Gasteiger partial charge in [-0.3, -0.25) is 4.79 Å². The molecule has 1 fully saturated rings. The Labute approximate surface area is 176 Å². The number of hydrogen-bond acceptors (Lipinski definition) is 4. The minimum atomic E-state index is -4.46. The van der Waals surface area contributed by atoms with Crippen LogP contribution in [-0.2, 0) is 0 Å². The van der Waals surface area contributed by atoms with Crippen molar-refractivity contribution < 1.29 is 27.8 Å². The largest absolute Gasteiger partial charge is 0.483 e. The summed E-state index contributed by atoms with van der Waals surface area (Å²) in [6.45, 7) is -1.54. The van der Waals surface area contributed by atoms with Crippen molar-refractivity contribution in [1.29, 1.82) is 0 Å². The summed E-state index contributed by atoms with van der Waals surface area (Å²) in [6.07, 6.45) is 2.10. The fourth-order valence-corrected chi connectivity index (χ4v) is 3.99. The second kappa shape index (κ2) is 8.22. The highest BCUT2D eigenvalue weighted by Crippen LogP contribution is 2.34. The lowest BCUT2D eigenvalue weighted by Crippen LogP contribution is -2.49. The molecule has 1 aliphatic rings. The normalized spacial score (nSPS) is 15.9. The molecule has 0 bridgehead atoms. The topological polar surface area (TPSA) is 75.9 Å². The summed E-state index contributed by atoms with van der Waals surface area (Å²) in [5.41, 5.74) is 0.934. The predicted molar refractivity (Wildman–Crippen MR) is 108 cm³/mol. The Kier molecular flexibility index (Phi) is 5.62. The summed E-state index contributed by atoms with van der Waals surface area (Å²) in [4.78, 5) is 17.3. The van der Waals surface area contributed by atoms with Gasteiger partial charge in [-0.1, -0.05) is 31.0 Å². The second-order valence-corrected chi connectivity index (χ2v) is 7.78. The molecule has 31 heavy (non-hydrogen) atoms. The lowest BCUT2D eigenvalue weighted by atomic mass is 9.99. The Hall–Kier alpha value is -3.07. The Bertz CT molecular complexity index is 1090. The van der Waals surface area contributed by atoms with E-state index in [-0.39, 0.29) is 18.1 Å². The van der Waals surface area contributed by atoms with E-state index in [0.29, 0.717) is 29.6 Å². The molecule has 164 valence electrons. The van der Waals surface area contributed by atoms with Crippen molar-refractivity contribution in [3.8, 4) is 16.9 Å². The highest BCUT2D eigenvalue weighted by atomic mass is 19.4. The summed E-state index contributed by atoms with van der Waals surface area (Å²) in [6, 6.07) is 9.84. The maximum atomic E-state index is 12.8. The average molecular weight is 433 g/mol. The van der Waals surface area contributed by atoms with Crippen LogP contribution in [0.4, 0.5) is 13.2 Å². The molecule has 1 aromatic carbocycles. The van der Waals surface area contributed by atoms with Crippen molar-refractivity contribution in [2.75, 3.05) is 13.2 Å². The van der Waals surface area contributed by atoms with Crippen LogP contribution in [0, 0.1) is 0 Å². The Balaban J connectivity index is 1.67. The molecule has 0 unspecified atom stereocenters. The maximum absolute atomic E-state index is 12.8. The molecule has 1 aliphatic carbocycles. The smallest absolute Gasteiger partial charge is 0.422 e. The molecule has 0 atom stereocenters. The molecule has 2 heterocycles. The Morgan fingerprint density at radius 3 is 2.58 bits per heavy atom. The molecule has 2 N–H and O–H groups in total. The van der Waals surface area contributed by atoms with Gasteiger partial charge in [0.25, 0.3) is 5.91 Å². The minimum Gasteiger partial charge on any atom is -0.483 e. The number of nitrogens with zero attached hydrogens (tertiary/aromatic N) is 2. The van der Waals surface area contributed by atoms with Crippen molar-refractivity contribution in [2.24, 2.45) is 0 Å². The van der Waals surface area contributed by atoms with Gasteiger partial charge in [0.05, 0.1) is 12.1 Å². The van der Waals surface area contributed by atoms with Crippen LogP contribution in [0.25, 0.3) is 16.8 Å². The van der Waals surface area contributed by atoms with E-state index in [2.05, 4.69) is 10.3 Å². The number of aliphatic hydroxyl groups excluding tert-OH is 1. The van der Waals surface area contributed by atoms with Crippen LogP contribution in [0.3, 0.4) is 0 Å². The number of ether oxygens (including phenoxy) is 1. The standard InChI is InChI=1S/C22H22F3N3O3/c23-22(24,25)14-31-18-8-2-1-6-15(18)16-7-5-11-28-12-17(26-19(16)28)20(30)27-21(13-29)9-3-4-10-21/h1-2,5-8,11-12,29H,3-4,9-10,13-14H2,(H,27,30). The van der Waals surface area contributed by atoms with E-state index in [1.165, 1.54) is 6.07 Å². The number of halogens is 3. The van der Waals surface area contributed by atoms with Crippen LogP contribution in [0.1, 0.15) is 36.2 Å². The fraction of sp³-hybridized carbons (Fsp3) is 0.364. The van der Waals surface area contributed by atoms with Gasteiger partial charge in [-0.25, -0.2) is 4.98 Å². The van der Waals surface area contributed by atoms with Crippen molar-refractivity contribution >= 4 is 11.6 Å². The summed E-state index contributed by atoms with van der Waals surface area (Å²) >= 11 is 0. The zero-order valence-corrected chi connectivity index (χ0v) is 16.7. The molecule has 0 saturated heterocycles. The molecule has 4 rings (SSSR count). The van der Waals surface area contributed by atoms with E-state index in [1.807, 2.05) is 0 Å². The first-order valence-electron chi connectivity index (χ1n) is 10.0. The average Bonchev–Trinajstić information content (AvgIpc) is 3.39. The van der Waals surface area contributed by atoms with Gasteiger partial charge >= 0.3 is 6.18 Å². The van der Waals surface area contributed by atoms with Crippen LogP contribution >= 0.6 is 0 Å². The number of pyridine rings is 1. The van der Waals surface area contributed by atoms with E-state index in [0.717, 1.165) is 12.8 Å². The third-order valence-electron chi connectivity index (χ3n) is 5.53. The summed E-state index contributed by atoms with van der Waals surface area (Å²) in [7, 11) is 0. The van der Waals surface area contributed by atoms with Crippen molar-refractivity contribution in [2.45, 2.75) is 37.4 Å². The number of fused-ring (bicyclic) bond motifs is 1. The summed E-state index contributed by atoms with van der Waals surface area (Å²) in [5.74, 6) is -0.320. The maximum Gasteiger partial charge on any atom is 0.422 e. The molecule has 9 heteroatoms. The molecular weight excluding hydrogens is 411 g/mol. The molecule has 2 aromatic heterocycles. The van der Waals surface area contributed by atoms with Crippen LogP contribution in [0.15, 0.2) is 48.8 Å². The highest BCUT2D eigenvalue weighted by Gasteiger charge is 2.35. The Morgan fingerprint density at radius 2 is 1.87 bits per heavy atom. The number of imidazole rings is 1. The first kappa shape index (κ1) is 21.2. The number of rotatable bonds is 6. The van der Waals surface area contributed by atoms with Gasteiger partial charge in [0.1, 0.15) is 17.1 Å². The van der Waals surface area contributed by atoms with Crippen LogP contribution < -0.4 is 10.1 Å². The first-order chi connectivity index (χ1) is 14.8. The molecule has 0 radical (unpaired) electrons. The zero-order chi connectivity index (χ0) is 22.1. The van der Waals surface area contributed by atoms with Gasteiger partial charge in [-0.05, 0) is 31.0 Å². The van der Waals surface area contributed by atoms with E-state index in [1.54, 1.807) is 47.1 Å². The first-order valence-corrected chi connectivity index (χ1v) is 10.0. The van der Waals surface area contributed by atoms with Gasteiger partial charge < -0.3 is 19.6 Å². The number of hydrogen-bond donors (Lipinski definition) is 2. The number of carbonyl (C=O) groups excluding carboxylic acids is 1. The number of para-hydroxylation sites is 1. The van der Waals surface area contributed by atoms with Gasteiger partial charge in [-0.15, -0.1) is 0 Å². The van der Waals surface area contributed by atoms with E-state index in [9.17, 15) is 23.1 Å². The molecule has 0 spiro atoms. The van der Waals surface area contributed by atoms with Gasteiger partial charge in [0, 0.05) is 23.5 Å². The third-order valence-corrected chi connectivity index (χ3v) is 5.53. The van der Waals surface area contributed by atoms with Crippen molar-refractivity contribution in [1.82, 2.24) is 14.7 Å². The van der Waals surface area contributed by atoms with Crippen LogP contribution in [0.5, 0.6) is 5.75 Å². The number of alkyl halides is 3. The molecule has 1 amide bonds. The fourth-order valence-electron chi connectivity index (χ4n) is 3.99. The predicted octanol–water partition coefficient (Wildman–Crippen LogP) is 3.98. The number of carbonyl (C=O) groups is 1. The van der Waals surface area contributed by atoms with Crippen LogP contribution in [-0.4, -0.2) is 45.3 Å². The van der Waals surface area contributed by atoms with Gasteiger partial charge in [0.15, 0.2) is 6.61 Å². The van der Waals surface area contributed by atoms with E-state index in [4.69, 9.17) is 4.74 Å². The Morgan fingerprint density at radius 1 is 1.16 bits per heavy atom. The van der Waals surface area contributed by atoms with Crippen molar-refractivity contribution in [3.05, 3.63) is 54.5 Å². The number of nitrogens with one attached hydrogen (secondary N) is 1. The second-order valence-electron chi connectivity index (χ2n) is 7.78. The number of benzene rings is 1. The minimum absolute atomic E-state index is 0.0760. The SMILES string of the molecule is O=C(NC1(CO)CCCC1)c1cn2cccc(-c3ccccc3OCC(F)(F)F)c2n1. The summed E-state index contributed by atoms with van der Waals surface area (Å²) < 4.78 is 44.6. The van der Waals surface area contributed by atoms with E-state index >= 15 is 0 Å². The molecule has 3 aromatic rings. The molecule has 0 aliphatic heterocycles. The lowest BCUT2D eigenvalue weighted by Gasteiger charge is -2.27. The zero-order valence-electron chi connectivity index (χ0n) is 16.7. The van der Waals surface area contributed by atoms with Crippen LogP contribution in [0.2, 0.25) is 0 Å². The summed E-state index contributed by atoms with van der Waals surface area (Å²) in [5, 5.41) is 12.7. The van der Waals surface area contributed by atoms with E-state index < -0.39 is 24.2 Å². The quantitative estimate of drug-likeness (QED) is 0.617. The lowest BCUT2D eigenvalue weighted by molar-refractivity contribution is -0.153. The van der Waals surface area contributed by atoms with Gasteiger partial charge in [0.2, 0.25) is 0 Å². The van der Waals surface area contributed by atoms with Gasteiger partial charge in [-0.2, -0.15) is 13.2 Å². The molecule has 1 saturated carbocycles. The molecule has 6 nitrogen and oxygen atoms in total. The number of aliphatic hydroxyl groups is 1. The monoisotopic (exact) mass is 433 g/mol. The third kappa shape index (κ3) is 4.51. The molecular formula is C22H22F3N3O3. The number of amides is 1.